The van der Waals surface area contributed by atoms with Crippen LogP contribution in [0.1, 0.15) is 116 Å². The maximum atomic E-state index is 3.83. The zero-order valence-corrected chi connectivity index (χ0v) is 30.1. The Morgan fingerprint density at radius 1 is 0.304 bits per heavy atom. The van der Waals surface area contributed by atoms with E-state index in [0.717, 1.165) is 24.2 Å². The van der Waals surface area contributed by atoms with Gasteiger partial charge in [0.25, 0.3) is 0 Å². The molecule has 0 saturated carbocycles. The molecule has 5 heterocycles. The van der Waals surface area contributed by atoms with E-state index in [1.165, 1.54) is 220 Å². The van der Waals surface area contributed by atoms with Crippen LogP contribution >= 0.6 is 0 Å². The summed E-state index contributed by atoms with van der Waals surface area (Å²) in [5.74, 6) is 0. The lowest BCUT2D eigenvalue weighted by Gasteiger charge is -2.34. The van der Waals surface area contributed by atoms with Crippen LogP contribution in [-0.2, 0) is 0 Å². The molecule has 5 rings (SSSR count). The monoisotopic (exact) mass is 645 g/mol. The Balaban J connectivity index is 1.18. The first-order valence-corrected chi connectivity index (χ1v) is 20.6. The highest BCUT2D eigenvalue weighted by Crippen LogP contribution is 2.16. The molecule has 5 aliphatic rings. The molecule has 0 radical (unpaired) electrons. The van der Waals surface area contributed by atoms with E-state index >= 15 is 0 Å². The Morgan fingerprint density at radius 2 is 0.565 bits per heavy atom. The quantitative estimate of drug-likeness (QED) is 0.253. The largest absolute Gasteiger partial charge is 0.314 e. The molecule has 0 aliphatic carbocycles. The molecule has 8 heteroatoms. The van der Waals surface area contributed by atoms with E-state index in [9.17, 15) is 0 Å². The highest BCUT2D eigenvalue weighted by atomic mass is 15.2. The molecule has 46 heavy (non-hydrogen) atoms. The molecule has 0 aromatic rings. The van der Waals surface area contributed by atoms with Crippen molar-refractivity contribution in [2.24, 2.45) is 0 Å². The fourth-order valence-electron chi connectivity index (χ4n) is 8.98. The average molecular weight is 645 g/mol. The van der Waals surface area contributed by atoms with Gasteiger partial charge in [0.2, 0.25) is 0 Å². The summed E-state index contributed by atoms with van der Waals surface area (Å²) in [5.41, 5.74) is 0. The summed E-state index contributed by atoms with van der Waals surface area (Å²) in [6.45, 7) is 20.0. The predicted octanol–water partition coefficient (Wildman–Crippen LogP) is 4.12. The Hall–Kier alpha value is -0.320. The Kier molecular flexibility index (Phi) is 18.0. The van der Waals surface area contributed by atoms with Crippen LogP contribution in [0, 0.1) is 0 Å². The van der Waals surface area contributed by atoms with Crippen LogP contribution in [-0.4, -0.2) is 148 Å². The van der Waals surface area contributed by atoms with Gasteiger partial charge < -0.3 is 40.9 Å². The maximum absolute atomic E-state index is 3.83. The lowest BCUT2D eigenvalue weighted by Crippen LogP contribution is -2.45. The van der Waals surface area contributed by atoms with Crippen molar-refractivity contribution in [2.45, 2.75) is 140 Å². The van der Waals surface area contributed by atoms with Gasteiger partial charge >= 0.3 is 0 Å². The summed E-state index contributed by atoms with van der Waals surface area (Å²) >= 11 is 0. The fraction of sp³-hybridized carbons (Fsp3) is 1.00. The van der Waals surface area contributed by atoms with Gasteiger partial charge in [-0.1, -0.05) is 25.7 Å². The Morgan fingerprint density at radius 3 is 0.783 bits per heavy atom. The molecule has 4 unspecified atom stereocenters. The highest BCUT2D eigenvalue weighted by molar-refractivity contribution is 4.80. The van der Waals surface area contributed by atoms with Gasteiger partial charge in [-0.2, -0.15) is 0 Å². The van der Waals surface area contributed by atoms with Crippen molar-refractivity contribution in [3.05, 3.63) is 0 Å². The van der Waals surface area contributed by atoms with Gasteiger partial charge in [0.05, 0.1) is 0 Å². The van der Waals surface area contributed by atoms with Crippen LogP contribution in [0.3, 0.4) is 0 Å². The van der Waals surface area contributed by atoms with Gasteiger partial charge in [-0.25, -0.2) is 0 Å². The second-order valence-corrected chi connectivity index (χ2v) is 15.8. The van der Waals surface area contributed by atoms with Crippen LogP contribution in [0.25, 0.3) is 0 Å². The van der Waals surface area contributed by atoms with Gasteiger partial charge in [0.15, 0.2) is 0 Å². The van der Waals surface area contributed by atoms with Crippen molar-refractivity contribution in [2.75, 3.05) is 105 Å². The normalized spacial score (nSPS) is 31.8. The third-order valence-electron chi connectivity index (χ3n) is 12.2. The molecule has 268 valence electrons. The number of rotatable bonds is 12. The number of nitrogens with one attached hydrogen (secondary N) is 4. The van der Waals surface area contributed by atoms with E-state index in [4.69, 9.17) is 0 Å². The van der Waals surface area contributed by atoms with Crippen molar-refractivity contribution in [3.8, 4) is 0 Å². The van der Waals surface area contributed by atoms with Crippen LogP contribution < -0.4 is 21.3 Å². The lowest BCUT2D eigenvalue weighted by molar-refractivity contribution is 0.146. The van der Waals surface area contributed by atoms with E-state index in [1.807, 2.05) is 0 Å². The molecule has 0 aromatic carbocycles. The summed E-state index contributed by atoms with van der Waals surface area (Å²) in [7, 11) is 0. The van der Waals surface area contributed by atoms with Crippen LogP contribution in [0.4, 0.5) is 0 Å². The Labute approximate surface area is 284 Å². The number of nitrogens with zero attached hydrogens (tertiary/aromatic N) is 4. The molecule has 5 saturated heterocycles. The lowest BCUT2D eigenvalue weighted by atomic mass is 10.0. The van der Waals surface area contributed by atoms with Crippen molar-refractivity contribution in [1.29, 1.82) is 0 Å². The van der Waals surface area contributed by atoms with Crippen LogP contribution in [0.5, 0.6) is 0 Å². The maximum Gasteiger partial charge on any atom is 0.0109 e. The van der Waals surface area contributed by atoms with Gasteiger partial charge in [-0.3, -0.25) is 0 Å². The second kappa shape index (κ2) is 22.4. The molecule has 4 N–H and O–H groups in total. The molecule has 8 nitrogen and oxygen atoms in total. The van der Waals surface area contributed by atoms with Crippen molar-refractivity contribution in [1.82, 2.24) is 40.9 Å². The minimum Gasteiger partial charge on any atom is -0.314 e. The molecular weight excluding hydrogens is 568 g/mol. The first kappa shape index (κ1) is 36.9. The first-order chi connectivity index (χ1) is 22.8. The van der Waals surface area contributed by atoms with Crippen molar-refractivity contribution < 1.29 is 0 Å². The van der Waals surface area contributed by atoms with Gasteiger partial charge in [0, 0.05) is 50.3 Å². The molecule has 0 amide bonds. The van der Waals surface area contributed by atoms with E-state index in [2.05, 4.69) is 40.9 Å². The number of piperidine rings is 4. The molecule has 0 bridgehead atoms. The molecule has 4 atom stereocenters. The van der Waals surface area contributed by atoms with Crippen molar-refractivity contribution in [3.63, 3.8) is 0 Å². The van der Waals surface area contributed by atoms with E-state index in [1.54, 1.807) is 0 Å². The van der Waals surface area contributed by atoms with Crippen molar-refractivity contribution >= 4 is 0 Å². The third kappa shape index (κ3) is 14.7. The van der Waals surface area contributed by atoms with E-state index in [0.29, 0.717) is 0 Å². The topological polar surface area (TPSA) is 61.1 Å². The summed E-state index contributed by atoms with van der Waals surface area (Å²) in [4.78, 5) is 11.4. The first-order valence-electron chi connectivity index (χ1n) is 20.6. The molecule has 5 aliphatic heterocycles. The van der Waals surface area contributed by atoms with E-state index in [-0.39, 0.29) is 0 Å². The van der Waals surface area contributed by atoms with Gasteiger partial charge in [-0.05, 0) is 168 Å². The van der Waals surface area contributed by atoms with Crippen LogP contribution in [0.2, 0.25) is 0 Å². The second-order valence-electron chi connectivity index (χ2n) is 15.8. The fourth-order valence-corrected chi connectivity index (χ4v) is 8.98. The van der Waals surface area contributed by atoms with Crippen LogP contribution in [0.15, 0.2) is 0 Å². The SMILES string of the molecule is C1CCC(CCN2CCCN(CCC3CCCCN3)CCN(CCC3CCCCN3)CCCN(CCC3CCCCN3)CC2)NC1. The summed E-state index contributed by atoms with van der Waals surface area (Å²) < 4.78 is 0. The molecule has 0 aromatic heterocycles. The zero-order chi connectivity index (χ0) is 31.5. The minimum atomic E-state index is 0.740. The summed E-state index contributed by atoms with van der Waals surface area (Å²) in [6, 6.07) is 2.96. The standard InChI is InChI=1S/C38H76N8/c1-5-19-39-35(11-1)15-27-43-23-9-24-45(29-17-37-13-3-7-21-41-37)33-34-46(30-18-38-14-4-8-22-42-38)26-10-25-44(32-31-43)28-16-36-12-2-6-20-40-36/h35-42H,1-34H2. The Bertz CT molecular complexity index is 623. The molecule has 0 spiro atoms. The zero-order valence-electron chi connectivity index (χ0n) is 30.1. The number of hydrogen-bond donors (Lipinski definition) is 4. The third-order valence-corrected chi connectivity index (χ3v) is 12.2. The summed E-state index contributed by atoms with van der Waals surface area (Å²) in [6.07, 6.45) is 24.6. The molecular formula is C38H76N8. The average Bonchev–Trinajstić information content (AvgIpc) is 3.11. The van der Waals surface area contributed by atoms with Gasteiger partial charge in [-0.15, -0.1) is 0 Å². The molecule has 5 fully saturated rings. The predicted molar refractivity (Wildman–Crippen MR) is 196 cm³/mol. The smallest absolute Gasteiger partial charge is 0.0109 e. The number of hydrogen-bond acceptors (Lipinski definition) is 8. The summed E-state index contributed by atoms with van der Waals surface area (Å²) in [5, 5.41) is 15.3. The minimum absolute atomic E-state index is 0.740. The highest BCUT2D eigenvalue weighted by Gasteiger charge is 2.21. The van der Waals surface area contributed by atoms with Gasteiger partial charge in [0.1, 0.15) is 0 Å². The van der Waals surface area contributed by atoms with E-state index < -0.39 is 0 Å².